The molecule has 1 spiro atoms. The largest absolute Gasteiger partial charge is 0.497 e. The highest BCUT2D eigenvalue weighted by atomic mass is 28.3. The van der Waals surface area contributed by atoms with Gasteiger partial charge in [0, 0.05) is 40.7 Å². The number of amides is 2. The highest BCUT2D eigenvalue weighted by Gasteiger charge is 2.66. The van der Waals surface area contributed by atoms with E-state index in [0.717, 1.165) is 17.1 Å². The zero-order chi connectivity index (χ0) is 31.9. The van der Waals surface area contributed by atoms with E-state index in [1.807, 2.05) is 60.7 Å². The van der Waals surface area contributed by atoms with Gasteiger partial charge in [0.25, 0.3) is 11.8 Å². The second-order valence-corrected chi connectivity index (χ2v) is 17.1. The normalized spacial score (nSPS) is 22.5. The van der Waals surface area contributed by atoms with E-state index < -0.39 is 13.7 Å². The second kappa shape index (κ2) is 11.8. The van der Waals surface area contributed by atoms with Crippen molar-refractivity contribution in [2.45, 2.75) is 43.7 Å². The number of para-hydroxylation sites is 1. The number of nitrogens with one attached hydrogen (secondary N) is 1. The lowest BCUT2D eigenvalue weighted by molar-refractivity contribution is -0.145. The molecule has 4 aromatic rings. The van der Waals surface area contributed by atoms with Crippen LogP contribution in [-0.2, 0) is 15.1 Å². The summed E-state index contributed by atoms with van der Waals surface area (Å²) in [7, 11) is -0.670. The third-order valence-electron chi connectivity index (χ3n) is 9.60. The molecule has 0 bridgehead atoms. The van der Waals surface area contributed by atoms with Gasteiger partial charge in [0.1, 0.15) is 5.75 Å². The first-order chi connectivity index (χ1) is 21.6. The summed E-state index contributed by atoms with van der Waals surface area (Å²) in [6, 6.07) is 30.0. The summed E-state index contributed by atoms with van der Waals surface area (Å²) in [6.45, 7) is 6.66. The Balaban J connectivity index is 1.46. The molecule has 9 heteroatoms. The van der Waals surface area contributed by atoms with Crippen LogP contribution in [0.25, 0.3) is 0 Å². The number of aliphatic hydroxyl groups excluding tert-OH is 1. The number of anilines is 4. The molecule has 0 unspecified atom stereocenters. The fraction of sp³-hybridized carbons (Fsp3) is 0.278. The number of benzene rings is 4. The first-order valence-corrected chi connectivity index (χ1v) is 18.3. The topological polar surface area (TPSA) is 114 Å². The maximum absolute atomic E-state index is 14.9. The zero-order valence-electron chi connectivity index (χ0n) is 26.0. The summed E-state index contributed by atoms with van der Waals surface area (Å²) in [6.07, 6.45) is 0.0551. The Morgan fingerprint density at radius 3 is 2.36 bits per heavy atom. The summed E-state index contributed by atoms with van der Waals surface area (Å²) in [5, 5.41) is 14.4. The monoisotopic (exact) mass is 621 g/mol. The SMILES string of the molecule is COc1ccc([Si](C)(C)[C@H]2[C@H](CCO)O[C@@]3(C(=O)N(c4ccccc4)c4ccc(NC(=O)c5ccc(N)cc5)cc43)[C@@H]2C)cc1. The van der Waals surface area contributed by atoms with Gasteiger partial charge in [-0.15, -0.1) is 0 Å². The van der Waals surface area contributed by atoms with Crippen LogP contribution in [-0.4, -0.2) is 44.8 Å². The molecule has 0 saturated carbocycles. The molecule has 0 aliphatic carbocycles. The van der Waals surface area contributed by atoms with Gasteiger partial charge in [-0.2, -0.15) is 0 Å². The molecule has 2 aliphatic heterocycles. The minimum Gasteiger partial charge on any atom is -0.497 e. The van der Waals surface area contributed by atoms with Crippen LogP contribution in [0.3, 0.4) is 0 Å². The molecule has 4 N–H and O–H groups in total. The minimum absolute atomic E-state index is 0.00130. The fourth-order valence-electron chi connectivity index (χ4n) is 7.38. The Morgan fingerprint density at radius 1 is 1.02 bits per heavy atom. The van der Waals surface area contributed by atoms with Gasteiger partial charge in [-0.3, -0.25) is 14.5 Å². The standard InChI is InChI=1S/C36H39N3O5Si/c1-23-33(45(3,4)29-17-15-28(43-2)16-18-29)32(20-21-40)44-36(23)30-22-26(38-34(41)24-10-12-25(37)13-11-24)14-19-31(30)39(35(36)42)27-8-6-5-7-9-27/h5-19,22-23,32-33,40H,20-21,37H2,1-4H3,(H,38,41)/t23-,32+,33-,36+/m1/s1. The lowest BCUT2D eigenvalue weighted by Gasteiger charge is -2.37. The van der Waals surface area contributed by atoms with Gasteiger partial charge in [-0.05, 0) is 78.7 Å². The van der Waals surface area contributed by atoms with Gasteiger partial charge < -0.3 is 25.6 Å². The van der Waals surface area contributed by atoms with Gasteiger partial charge >= 0.3 is 0 Å². The van der Waals surface area contributed by atoms with Crippen LogP contribution in [0.15, 0.2) is 97.1 Å². The number of hydrogen-bond acceptors (Lipinski definition) is 6. The quantitative estimate of drug-likeness (QED) is 0.169. The molecule has 2 heterocycles. The third kappa shape index (κ3) is 5.10. The van der Waals surface area contributed by atoms with Gasteiger partial charge in [0.2, 0.25) is 0 Å². The molecule has 6 rings (SSSR count). The number of methoxy groups -OCH3 is 1. The molecule has 2 aliphatic rings. The van der Waals surface area contributed by atoms with Crippen molar-refractivity contribution in [1.29, 1.82) is 0 Å². The van der Waals surface area contributed by atoms with Crippen molar-refractivity contribution < 1.29 is 24.2 Å². The second-order valence-electron chi connectivity index (χ2n) is 12.5. The average molecular weight is 622 g/mol. The Bertz CT molecular complexity index is 1710. The number of carbonyl (C=O) groups is 2. The minimum atomic E-state index is -2.32. The molecule has 1 fully saturated rings. The van der Waals surface area contributed by atoms with E-state index in [2.05, 4.69) is 37.5 Å². The molecule has 2 amide bonds. The predicted octanol–water partition coefficient (Wildman–Crippen LogP) is 5.81. The predicted molar refractivity (Wildman–Crippen MR) is 180 cm³/mol. The molecule has 8 nitrogen and oxygen atoms in total. The number of aliphatic hydroxyl groups is 1. The summed E-state index contributed by atoms with van der Waals surface area (Å²) in [4.78, 5) is 29.8. The summed E-state index contributed by atoms with van der Waals surface area (Å²) in [5.74, 6) is 0.108. The van der Waals surface area contributed by atoms with Crippen molar-refractivity contribution >= 4 is 47.8 Å². The van der Waals surface area contributed by atoms with Gasteiger partial charge in [0.15, 0.2) is 5.60 Å². The number of hydrogen-bond donors (Lipinski definition) is 3. The molecular formula is C36H39N3O5Si. The zero-order valence-corrected chi connectivity index (χ0v) is 27.0. The van der Waals surface area contributed by atoms with Crippen molar-refractivity contribution in [2.75, 3.05) is 29.7 Å². The fourth-order valence-corrected chi connectivity index (χ4v) is 11.4. The molecule has 232 valence electrons. The van der Waals surface area contributed by atoms with Crippen LogP contribution in [0, 0.1) is 5.92 Å². The van der Waals surface area contributed by atoms with Crippen molar-refractivity contribution in [3.05, 3.63) is 108 Å². The Hall–Kier alpha value is -4.44. The van der Waals surface area contributed by atoms with Crippen LogP contribution in [0.2, 0.25) is 18.6 Å². The molecular weight excluding hydrogens is 582 g/mol. The smallest absolute Gasteiger partial charge is 0.268 e. The number of fused-ring (bicyclic) bond motifs is 2. The van der Waals surface area contributed by atoms with Crippen molar-refractivity contribution in [1.82, 2.24) is 0 Å². The lowest BCUT2D eigenvalue weighted by Crippen LogP contribution is -2.51. The molecule has 4 atom stereocenters. The van der Waals surface area contributed by atoms with E-state index >= 15 is 0 Å². The van der Waals surface area contributed by atoms with Crippen LogP contribution < -0.4 is 25.9 Å². The van der Waals surface area contributed by atoms with Crippen LogP contribution in [0.5, 0.6) is 5.75 Å². The summed E-state index contributed by atoms with van der Waals surface area (Å²) >= 11 is 0. The summed E-state index contributed by atoms with van der Waals surface area (Å²) in [5.41, 5.74) is 8.28. The molecule has 0 aromatic heterocycles. The summed E-state index contributed by atoms with van der Waals surface area (Å²) < 4.78 is 12.4. The molecule has 4 aromatic carbocycles. The highest BCUT2D eigenvalue weighted by molar-refractivity contribution is 6.91. The number of nitrogens with zero attached hydrogens (tertiary/aromatic N) is 1. The first-order valence-electron chi connectivity index (χ1n) is 15.3. The Kier molecular flexibility index (Phi) is 8.03. The third-order valence-corrected chi connectivity index (χ3v) is 14.0. The number of nitrogen functional groups attached to an aromatic ring is 1. The van der Waals surface area contributed by atoms with E-state index in [-0.39, 0.29) is 36.0 Å². The average Bonchev–Trinajstić information content (AvgIpc) is 3.48. The van der Waals surface area contributed by atoms with Crippen LogP contribution in [0.4, 0.5) is 22.7 Å². The number of nitrogens with two attached hydrogens (primary N) is 1. The Labute approximate surface area is 264 Å². The first kappa shape index (κ1) is 30.6. The molecule has 0 radical (unpaired) electrons. The van der Waals surface area contributed by atoms with Gasteiger partial charge in [-0.25, -0.2) is 0 Å². The maximum Gasteiger partial charge on any atom is 0.268 e. The van der Waals surface area contributed by atoms with Gasteiger partial charge in [-0.1, -0.05) is 55.5 Å². The van der Waals surface area contributed by atoms with E-state index in [1.165, 1.54) is 5.19 Å². The Morgan fingerprint density at radius 2 is 1.71 bits per heavy atom. The number of rotatable bonds is 8. The lowest BCUT2D eigenvalue weighted by atomic mass is 9.82. The van der Waals surface area contributed by atoms with Crippen molar-refractivity contribution in [3.8, 4) is 5.75 Å². The number of ether oxygens (including phenoxy) is 2. The van der Waals surface area contributed by atoms with E-state index in [1.54, 1.807) is 36.3 Å². The molecule has 1 saturated heterocycles. The maximum atomic E-state index is 14.9. The van der Waals surface area contributed by atoms with E-state index in [0.29, 0.717) is 28.9 Å². The molecule has 45 heavy (non-hydrogen) atoms. The number of carbonyl (C=O) groups excluding carboxylic acids is 2. The van der Waals surface area contributed by atoms with Crippen LogP contribution >= 0.6 is 0 Å². The van der Waals surface area contributed by atoms with Crippen LogP contribution in [0.1, 0.15) is 29.3 Å². The van der Waals surface area contributed by atoms with Gasteiger partial charge in [0.05, 0.1) is 27.0 Å². The van der Waals surface area contributed by atoms with E-state index in [4.69, 9.17) is 15.2 Å². The van der Waals surface area contributed by atoms with E-state index in [9.17, 15) is 14.7 Å². The van der Waals surface area contributed by atoms with Crippen molar-refractivity contribution in [2.24, 2.45) is 5.92 Å². The highest BCUT2D eigenvalue weighted by Crippen LogP contribution is 2.61. The van der Waals surface area contributed by atoms with Crippen molar-refractivity contribution in [3.63, 3.8) is 0 Å².